The molecule has 4 nitrogen and oxygen atoms in total. The molecule has 126 valence electrons. The van der Waals surface area contributed by atoms with E-state index in [2.05, 4.69) is 40.5 Å². The molecule has 4 heteroatoms. The van der Waals surface area contributed by atoms with Gasteiger partial charge in [-0.2, -0.15) is 0 Å². The van der Waals surface area contributed by atoms with E-state index in [1.165, 1.54) is 37.7 Å². The molecule has 23 heavy (non-hydrogen) atoms. The lowest BCUT2D eigenvalue weighted by atomic mass is 9.88. The molecule has 1 aromatic carbocycles. The molecule has 2 aliphatic rings. The van der Waals surface area contributed by atoms with Crippen LogP contribution in [0, 0.1) is 0 Å². The zero-order chi connectivity index (χ0) is 16.2. The highest BCUT2D eigenvalue weighted by Gasteiger charge is 2.39. The van der Waals surface area contributed by atoms with Crippen LogP contribution in [0.1, 0.15) is 51.0 Å². The maximum Gasteiger partial charge on any atom is 0.236 e. The second kappa shape index (κ2) is 7.45. The van der Waals surface area contributed by atoms with Crippen LogP contribution in [0.4, 0.5) is 0 Å². The summed E-state index contributed by atoms with van der Waals surface area (Å²) in [6.45, 7) is 2.75. The smallest absolute Gasteiger partial charge is 0.236 e. The molecule has 0 saturated heterocycles. The number of benzene rings is 1. The molecule has 3 unspecified atom stereocenters. The third kappa shape index (κ3) is 4.33. The number of amides is 1. The highest BCUT2D eigenvalue weighted by molar-refractivity contribution is 5.81. The molecule has 2 fully saturated rings. The van der Waals surface area contributed by atoms with E-state index < -0.39 is 6.04 Å². The minimum atomic E-state index is -0.430. The second-order valence-electron chi connectivity index (χ2n) is 7.14. The van der Waals surface area contributed by atoms with Crippen LogP contribution in [0.25, 0.3) is 0 Å². The van der Waals surface area contributed by atoms with E-state index >= 15 is 0 Å². The standard InChI is InChI=1S/C19H29N3O/c1-14(20)19(23)21-17-9-5-6-10-18(17)22(16-11-12-16)13-15-7-3-2-4-8-15/h2-4,7-8,14,16-18H,5-6,9-13,20H2,1H3,(H,21,23). The molecule has 0 aromatic heterocycles. The van der Waals surface area contributed by atoms with Gasteiger partial charge in [0.05, 0.1) is 6.04 Å². The van der Waals surface area contributed by atoms with Crippen LogP contribution >= 0.6 is 0 Å². The average Bonchev–Trinajstić information content (AvgIpc) is 3.39. The Balaban J connectivity index is 1.72. The highest BCUT2D eigenvalue weighted by Crippen LogP contribution is 2.35. The summed E-state index contributed by atoms with van der Waals surface area (Å²) in [5.41, 5.74) is 7.11. The van der Waals surface area contributed by atoms with Crippen LogP contribution in [0.2, 0.25) is 0 Å². The fourth-order valence-corrected chi connectivity index (χ4v) is 3.71. The largest absolute Gasteiger partial charge is 0.350 e. The van der Waals surface area contributed by atoms with Crippen molar-refractivity contribution in [1.29, 1.82) is 0 Å². The van der Waals surface area contributed by atoms with Gasteiger partial charge in [-0.1, -0.05) is 43.2 Å². The Hall–Kier alpha value is -1.39. The summed E-state index contributed by atoms with van der Waals surface area (Å²) in [6, 6.07) is 11.6. The first-order valence-corrected chi connectivity index (χ1v) is 9.01. The number of carbonyl (C=O) groups is 1. The van der Waals surface area contributed by atoms with Gasteiger partial charge in [0.1, 0.15) is 0 Å². The van der Waals surface area contributed by atoms with E-state index in [0.717, 1.165) is 13.0 Å². The summed E-state index contributed by atoms with van der Waals surface area (Å²) in [5, 5.41) is 3.21. The normalized spacial score (nSPS) is 26.0. The van der Waals surface area contributed by atoms with Crippen molar-refractivity contribution in [3.63, 3.8) is 0 Å². The zero-order valence-electron chi connectivity index (χ0n) is 14.1. The third-order valence-electron chi connectivity index (χ3n) is 5.12. The molecule has 3 rings (SSSR count). The fourth-order valence-electron chi connectivity index (χ4n) is 3.71. The molecular formula is C19H29N3O. The van der Waals surface area contributed by atoms with Crippen LogP contribution in [-0.4, -0.2) is 35.0 Å². The second-order valence-corrected chi connectivity index (χ2v) is 7.14. The molecular weight excluding hydrogens is 286 g/mol. The average molecular weight is 315 g/mol. The Bertz CT molecular complexity index is 513. The number of hydrogen-bond donors (Lipinski definition) is 2. The van der Waals surface area contributed by atoms with Gasteiger partial charge < -0.3 is 11.1 Å². The van der Waals surface area contributed by atoms with E-state index in [4.69, 9.17) is 5.73 Å². The topological polar surface area (TPSA) is 58.4 Å². The summed E-state index contributed by atoms with van der Waals surface area (Å²) < 4.78 is 0. The maximum absolute atomic E-state index is 12.1. The van der Waals surface area contributed by atoms with Crippen molar-refractivity contribution in [1.82, 2.24) is 10.2 Å². The number of nitrogens with two attached hydrogens (primary N) is 1. The summed E-state index contributed by atoms with van der Waals surface area (Å²) in [4.78, 5) is 14.7. The zero-order valence-corrected chi connectivity index (χ0v) is 14.1. The van der Waals surface area contributed by atoms with Crippen LogP contribution < -0.4 is 11.1 Å². The molecule has 1 aromatic rings. The van der Waals surface area contributed by atoms with E-state index in [1.807, 2.05) is 0 Å². The quantitative estimate of drug-likeness (QED) is 0.847. The Morgan fingerprint density at radius 2 is 1.91 bits per heavy atom. The van der Waals surface area contributed by atoms with Crippen LogP contribution in [0.15, 0.2) is 30.3 Å². The molecule has 2 saturated carbocycles. The van der Waals surface area contributed by atoms with Gasteiger partial charge in [-0.15, -0.1) is 0 Å². The lowest BCUT2D eigenvalue weighted by Crippen LogP contribution is -2.56. The molecule has 3 atom stereocenters. The van der Waals surface area contributed by atoms with Crippen molar-refractivity contribution in [2.45, 2.75) is 76.2 Å². The summed E-state index contributed by atoms with van der Waals surface area (Å²) in [5.74, 6) is -0.0163. The van der Waals surface area contributed by atoms with E-state index in [9.17, 15) is 4.79 Å². The monoisotopic (exact) mass is 315 g/mol. The molecule has 0 aliphatic heterocycles. The number of hydrogen-bond acceptors (Lipinski definition) is 3. The van der Waals surface area contributed by atoms with Gasteiger partial charge in [0.15, 0.2) is 0 Å². The van der Waals surface area contributed by atoms with Crippen molar-refractivity contribution >= 4 is 5.91 Å². The first-order valence-electron chi connectivity index (χ1n) is 9.01. The van der Waals surface area contributed by atoms with Crippen molar-refractivity contribution in [3.05, 3.63) is 35.9 Å². The summed E-state index contributed by atoms with van der Waals surface area (Å²) in [7, 11) is 0. The molecule has 0 radical (unpaired) electrons. The Labute approximate surface area is 139 Å². The third-order valence-corrected chi connectivity index (χ3v) is 5.12. The predicted molar refractivity (Wildman–Crippen MR) is 92.8 cm³/mol. The van der Waals surface area contributed by atoms with Crippen LogP contribution in [0.5, 0.6) is 0 Å². The first-order chi connectivity index (χ1) is 11.1. The molecule has 3 N–H and O–H groups in total. The minimum Gasteiger partial charge on any atom is -0.350 e. The predicted octanol–water partition coefficient (Wildman–Crippen LogP) is 2.43. The molecule has 1 amide bonds. The van der Waals surface area contributed by atoms with Gasteiger partial charge in [0.2, 0.25) is 5.91 Å². The van der Waals surface area contributed by atoms with Gasteiger partial charge in [-0.25, -0.2) is 0 Å². The van der Waals surface area contributed by atoms with E-state index in [0.29, 0.717) is 12.1 Å². The summed E-state index contributed by atoms with van der Waals surface area (Å²) >= 11 is 0. The number of nitrogens with one attached hydrogen (secondary N) is 1. The number of rotatable bonds is 6. The lowest BCUT2D eigenvalue weighted by Gasteiger charge is -2.41. The van der Waals surface area contributed by atoms with Gasteiger partial charge in [0.25, 0.3) is 0 Å². The highest BCUT2D eigenvalue weighted by atomic mass is 16.2. The fraction of sp³-hybridized carbons (Fsp3) is 0.632. The summed E-state index contributed by atoms with van der Waals surface area (Å²) in [6.07, 6.45) is 7.28. The van der Waals surface area contributed by atoms with E-state index in [-0.39, 0.29) is 11.9 Å². The van der Waals surface area contributed by atoms with Crippen LogP contribution in [0.3, 0.4) is 0 Å². The van der Waals surface area contributed by atoms with Gasteiger partial charge in [0, 0.05) is 24.7 Å². The maximum atomic E-state index is 12.1. The molecule has 0 spiro atoms. The molecule has 0 heterocycles. The Kier molecular flexibility index (Phi) is 5.34. The van der Waals surface area contributed by atoms with Crippen molar-refractivity contribution in [2.75, 3.05) is 0 Å². The first kappa shape index (κ1) is 16.5. The van der Waals surface area contributed by atoms with Gasteiger partial charge in [-0.3, -0.25) is 9.69 Å². The van der Waals surface area contributed by atoms with Crippen molar-refractivity contribution in [2.24, 2.45) is 5.73 Å². The van der Waals surface area contributed by atoms with Crippen LogP contribution in [-0.2, 0) is 11.3 Å². The van der Waals surface area contributed by atoms with Crippen molar-refractivity contribution < 1.29 is 4.79 Å². The lowest BCUT2D eigenvalue weighted by molar-refractivity contribution is -0.123. The molecule has 2 aliphatic carbocycles. The minimum absolute atomic E-state index is 0.0163. The van der Waals surface area contributed by atoms with Gasteiger partial charge >= 0.3 is 0 Å². The molecule has 0 bridgehead atoms. The van der Waals surface area contributed by atoms with Gasteiger partial charge in [-0.05, 0) is 38.2 Å². The Morgan fingerprint density at radius 1 is 1.22 bits per heavy atom. The number of nitrogens with zero attached hydrogens (tertiary/aromatic N) is 1. The SMILES string of the molecule is CC(N)C(=O)NC1CCCCC1N(Cc1ccccc1)C1CC1. The Morgan fingerprint density at radius 3 is 2.57 bits per heavy atom. The van der Waals surface area contributed by atoms with E-state index in [1.54, 1.807) is 6.92 Å². The van der Waals surface area contributed by atoms with Crippen molar-refractivity contribution in [3.8, 4) is 0 Å². The number of carbonyl (C=O) groups excluding carboxylic acids is 1.